The smallest absolute Gasteiger partial charge is 0.342 e. The van der Waals surface area contributed by atoms with E-state index >= 15 is 0 Å². The predicted molar refractivity (Wildman–Crippen MR) is 151 cm³/mol. The Kier molecular flexibility index (Phi) is 9.34. The Morgan fingerprint density at radius 2 is 1.44 bits per heavy atom. The predicted octanol–water partition coefficient (Wildman–Crippen LogP) is 5.32. The quantitative estimate of drug-likeness (QED) is 0.148. The lowest BCUT2D eigenvalue weighted by Gasteiger charge is -2.15. The molecule has 4 rings (SSSR count). The van der Waals surface area contributed by atoms with Crippen LogP contribution >= 0.6 is 0 Å². The topological polar surface area (TPSA) is 114 Å². The van der Waals surface area contributed by atoms with Gasteiger partial charge in [-0.05, 0) is 52.6 Å². The van der Waals surface area contributed by atoms with Gasteiger partial charge in [-0.2, -0.15) is 0 Å². The average molecular weight is 523 g/mol. The van der Waals surface area contributed by atoms with Crippen LogP contribution in [0, 0.1) is 0 Å². The van der Waals surface area contributed by atoms with Crippen molar-refractivity contribution in [3.8, 4) is 11.5 Å². The molecule has 4 aromatic rings. The molecule has 0 heterocycles. The molecule has 0 aliphatic heterocycles. The molecular weight excluding hydrogens is 492 g/mol. The lowest BCUT2D eigenvalue weighted by atomic mass is 10.1. The Hall–Kier alpha value is -5.04. The van der Waals surface area contributed by atoms with E-state index in [0.29, 0.717) is 35.8 Å². The van der Waals surface area contributed by atoms with Crippen LogP contribution in [-0.4, -0.2) is 18.5 Å². The maximum Gasteiger partial charge on any atom is 0.342 e. The van der Waals surface area contributed by atoms with E-state index in [0.717, 1.165) is 22.3 Å². The fourth-order valence-corrected chi connectivity index (χ4v) is 3.85. The maximum absolute atomic E-state index is 12.8. The van der Waals surface area contributed by atoms with Crippen molar-refractivity contribution < 1.29 is 23.8 Å². The number of anilines is 1. The Balaban J connectivity index is 1.46. The number of nitrogens with two attached hydrogens (primary N) is 2. The number of primary amides is 1. The number of benzene rings is 4. The fourth-order valence-electron chi connectivity index (χ4n) is 3.85. The van der Waals surface area contributed by atoms with Crippen molar-refractivity contribution in [2.45, 2.75) is 19.6 Å². The van der Waals surface area contributed by atoms with Crippen LogP contribution in [0.5, 0.6) is 11.5 Å². The van der Waals surface area contributed by atoms with Gasteiger partial charge in [0.1, 0.15) is 30.3 Å². The number of esters is 1. The van der Waals surface area contributed by atoms with E-state index in [9.17, 15) is 9.59 Å². The number of nitrogen functional groups attached to an aromatic ring is 1. The van der Waals surface area contributed by atoms with E-state index in [1.54, 1.807) is 24.3 Å². The Bertz CT molecular complexity index is 1440. The molecular formula is C32H30N2O5. The van der Waals surface area contributed by atoms with Crippen LogP contribution in [0.2, 0.25) is 0 Å². The third kappa shape index (κ3) is 8.23. The highest BCUT2D eigenvalue weighted by Gasteiger charge is 2.16. The average Bonchev–Trinajstić information content (AvgIpc) is 2.95. The molecule has 7 heteroatoms. The third-order valence-electron chi connectivity index (χ3n) is 5.83. The summed E-state index contributed by atoms with van der Waals surface area (Å²) in [4.78, 5) is 24.0. The number of rotatable bonds is 12. The summed E-state index contributed by atoms with van der Waals surface area (Å²) >= 11 is 0. The molecule has 0 spiro atoms. The molecule has 4 N–H and O–H groups in total. The van der Waals surface area contributed by atoms with Crippen molar-refractivity contribution in [2.24, 2.45) is 5.73 Å². The second-order valence-corrected chi connectivity index (χ2v) is 8.79. The monoisotopic (exact) mass is 522 g/mol. The first kappa shape index (κ1) is 27.0. The van der Waals surface area contributed by atoms with Gasteiger partial charge in [-0.25, -0.2) is 4.79 Å². The number of carbonyl (C=O) groups is 2. The number of carbonyl (C=O) groups excluding carboxylic acids is 2. The molecule has 0 saturated carbocycles. The van der Waals surface area contributed by atoms with Gasteiger partial charge in [0.25, 0.3) is 0 Å². The molecule has 0 saturated heterocycles. The molecule has 1 amide bonds. The summed E-state index contributed by atoms with van der Waals surface area (Å²) in [5.41, 5.74) is 15.6. The van der Waals surface area contributed by atoms with Gasteiger partial charge in [0.05, 0.1) is 6.61 Å². The van der Waals surface area contributed by atoms with Crippen LogP contribution in [0.1, 0.15) is 32.6 Å². The van der Waals surface area contributed by atoms with Gasteiger partial charge >= 0.3 is 5.97 Å². The van der Waals surface area contributed by atoms with Crippen molar-refractivity contribution in [3.63, 3.8) is 0 Å². The highest BCUT2D eigenvalue weighted by molar-refractivity contribution is 5.93. The number of hydrogen-bond donors (Lipinski definition) is 2. The lowest BCUT2D eigenvalue weighted by molar-refractivity contribution is -0.113. The molecule has 198 valence electrons. The minimum absolute atomic E-state index is 0.150. The van der Waals surface area contributed by atoms with Gasteiger partial charge in [-0.3, -0.25) is 4.79 Å². The van der Waals surface area contributed by atoms with E-state index in [1.165, 1.54) is 6.08 Å². The molecule has 0 aromatic heterocycles. The minimum atomic E-state index is -0.530. The lowest BCUT2D eigenvalue weighted by Crippen LogP contribution is -2.11. The van der Waals surface area contributed by atoms with Crippen LogP contribution in [0.4, 0.5) is 5.69 Å². The highest BCUT2D eigenvalue weighted by atomic mass is 16.5. The van der Waals surface area contributed by atoms with Gasteiger partial charge in [-0.1, -0.05) is 66.7 Å². The maximum atomic E-state index is 12.8. The van der Waals surface area contributed by atoms with Crippen molar-refractivity contribution >= 4 is 23.6 Å². The zero-order valence-corrected chi connectivity index (χ0v) is 21.4. The summed E-state index contributed by atoms with van der Waals surface area (Å²) in [6, 6.07) is 29.8. The van der Waals surface area contributed by atoms with E-state index in [2.05, 4.69) is 0 Å². The summed E-state index contributed by atoms with van der Waals surface area (Å²) in [5, 5.41) is 0. The highest BCUT2D eigenvalue weighted by Crippen LogP contribution is 2.26. The van der Waals surface area contributed by atoms with E-state index in [4.69, 9.17) is 25.7 Å². The van der Waals surface area contributed by atoms with Crippen LogP contribution in [0.3, 0.4) is 0 Å². The molecule has 7 nitrogen and oxygen atoms in total. The molecule has 0 unspecified atom stereocenters. The molecule has 39 heavy (non-hydrogen) atoms. The molecule has 0 bridgehead atoms. The molecule has 0 fully saturated rings. The van der Waals surface area contributed by atoms with Gasteiger partial charge in [0.15, 0.2) is 0 Å². The molecule has 0 atom stereocenters. The molecule has 0 radical (unpaired) electrons. The van der Waals surface area contributed by atoms with E-state index in [1.807, 2.05) is 78.9 Å². The first-order chi connectivity index (χ1) is 19.0. The Morgan fingerprint density at radius 3 is 2.13 bits per heavy atom. The molecule has 4 aromatic carbocycles. The van der Waals surface area contributed by atoms with Crippen molar-refractivity contribution in [3.05, 3.63) is 131 Å². The van der Waals surface area contributed by atoms with Gasteiger partial charge in [-0.15, -0.1) is 0 Å². The Morgan fingerprint density at radius 1 is 0.744 bits per heavy atom. The molecule has 0 aliphatic carbocycles. The zero-order chi connectivity index (χ0) is 27.5. The largest absolute Gasteiger partial charge is 0.492 e. The SMILES string of the molecule is NC(=O)/C=C/c1ccc(OCc2ccccc2)c(CCOc2cc(N)ccc2C(=O)OCc2ccccc2)c1. The van der Waals surface area contributed by atoms with Crippen molar-refractivity contribution in [1.82, 2.24) is 0 Å². The number of hydrogen-bond acceptors (Lipinski definition) is 6. The second kappa shape index (κ2) is 13.5. The van der Waals surface area contributed by atoms with Gasteiger partial charge < -0.3 is 25.7 Å². The summed E-state index contributed by atoms with van der Waals surface area (Å²) in [5.74, 6) is -0.00435. The van der Waals surface area contributed by atoms with Crippen LogP contribution in [-0.2, 0) is 29.2 Å². The normalized spacial score (nSPS) is 10.8. The summed E-state index contributed by atoms with van der Waals surface area (Å²) in [6.45, 7) is 0.794. The van der Waals surface area contributed by atoms with Gasteiger partial charge in [0.2, 0.25) is 5.91 Å². The summed E-state index contributed by atoms with van der Waals surface area (Å²) in [6.07, 6.45) is 3.42. The molecule has 0 aliphatic rings. The number of ether oxygens (including phenoxy) is 3. The second-order valence-electron chi connectivity index (χ2n) is 8.79. The van der Waals surface area contributed by atoms with Crippen LogP contribution in [0.15, 0.2) is 103 Å². The van der Waals surface area contributed by atoms with Gasteiger partial charge in [0, 0.05) is 24.3 Å². The number of amides is 1. The minimum Gasteiger partial charge on any atom is -0.492 e. The Labute approximate surface area is 227 Å². The van der Waals surface area contributed by atoms with E-state index in [-0.39, 0.29) is 13.2 Å². The van der Waals surface area contributed by atoms with Crippen molar-refractivity contribution in [2.75, 3.05) is 12.3 Å². The first-order valence-electron chi connectivity index (χ1n) is 12.5. The van der Waals surface area contributed by atoms with Crippen LogP contribution in [0.25, 0.3) is 6.08 Å². The standard InChI is InChI=1S/C32H30N2O5/c33-27-13-14-28(32(36)39-22-25-9-5-2-6-10-25)30(20-27)37-18-17-26-19-23(12-16-31(34)35)11-15-29(26)38-21-24-7-3-1-4-8-24/h1-16,19-20H,17-18,21-22,33H2,(H2,34,35)/b16-12+. The zero-order valence-electron chi connectivity index (χ0n) is 21.4. The van der Waals surface area contributed by atoms with E-state index < -0.39 is 11.9 Å². The third-order valence-corrected chi connectivity index (χ3v) is 5.83. The first-order valence-corrected chi connectivity index (χ1v) is 12.5. The fraction of sp³-hybridized carbons (Fsp3) is 0.125. The summed E-state index contributed by atoms with van der Waals surface area (Å²) < 4.78 is 17.6. The van der Waals surface area contributed by atoms with Crippen molar-refractivity contribution in [1.29, 1.82) is 0 Å². The summed E-state index contributed by atoms with van der Waals surface area (Å²) in [7, 11) is 0. The van der Waals surface area contributed by atoms with Crippen LogP contribution < -0.4 is 20.9 Å².